The fraction of sp³-hybridized carbons (Fsp3) is 0.190. The topological polar surface area (TPSA) is 59.2 Å². The number of hydrogen-bond donors (Lipinski definition) is 0. The predicted octanol–water partition coefficient (Wildman–Crippen LogP) is 4.27. The van der Waals surface area contributed by atoms with Crippen molar-refractivity contribution in [2.75, 3.05) is 7.05 Å². The number of carbonyl (C=O) groups excluding carboxylic acids is 1. The normalized spacial score (nSPS) is 11.2. The summed E-state index contributed by atoms with van der Waals surface area (Å²) >= 11 is 0. The number of para-hydroxylation sites is 1. The summed E-state index contributed by atoms with van der Waals surface area (Å²) in [6.45, 7) is 4.26. The molecule has 0 N–H and O–H groups in total. The molecule has 0 aliphatic heterocycles. The van der Waals surface area contributed by atoms with Crippen LogP contribution in [0.2, 0.25) is 0 Å². The van der Waals surface area contributed by atoms with Crippen LogP contribution in [-0.2, 0) is 6.54 Å². The van der Waals surface area contributed by atoms with Crippen molar-refractivity contribution in [2.24, 2.45) is 0 Å². The highest BCUT2D eigenvalue weighted by molar-refractivity contribution is 5.97. The summed E-state index contributed by atoms with van der Waals surface area (Å²) in [5, 5.41) is 1.04. The average molecular weight is 345 g/mol. The van der Waals surface area contributed by atoms with Crippen molar-refractivity contribution in [3.05, 3.63) is 71.2 Å². The Morgan fingerprint density at radius 3 is 2.50 bits per heavy atom. The van der Waals surface area contributed by atoms with Crippen LogP contribution in [0.5, 0.6) is 0 Å². The van der Waals surface area contributed by atoms with Crippen molar-refractivity contribution in [2.45, 2.75) is 20.4 Å². The molecule has 5 heteroatoms. The first-order valence-electron chi connectivity index (χ1n) is 8.49. The Bertz CT molecular complexity index is 1100. The van der Waals surface area contributed by atoms with E-state index in [2.05, 4.69) is 9.97 Å². The van der Waals surface area contributed by atoms with Gasteiger partial charge in [-0.3, -0.25) is 4.79 Å². The van der Waals surface area contributed by atoms with Gasteiger partial charge in [0.2, 0.25) is 0 Å². The molecule has 4 aromatic rings. The summed E-state index contributed by atoms with van der Waals surface area (Å²) in [6, 6.07) is 15.2. The molecule has 1 amide bonds. The Hall–Kier alpha value is -3.21. The van der Waals surface area contributed by atoms with Crippen molar-refractivity contribution in [3.63, 3.8) is 0 Å². The Labute approximate surface area is 151 Å². The highest BCUT2D eigenvalue weighted by Gasteiger charge is 2.15. The molecule has 0 spiro atoms. The van der Waals surface area contributed by atoms with Crippen LogP contribution < -0.4 is 0 Å². The molecule has 2 aromatic carbocycles. The van der Waals surface area contributed by atoms with Crippen molar-refractivity contribution in [1.82, 2.24) is 14.9 Å². The van der Waals surface area contributed by atoms with E-state index in [9.17, 15) is 4.79 Å². The zero-order chi connectivity index (χ0) is 18.3. The number of rotatable bonds is 3. The van der Waals surface area contributed by atoms with Gasteiger partial charge in [-0.15, -0.1) is 0 Å². The summed E-state index contributed by atoms with van der Waals surface area (Å²) in [4.78, 5) is 23.5. The summed E-state index contributed by atoms with van der Waals surface area (Å²) in [6.07, 6.45) is 0. The molecule has 0 saturated carbocycles. The van der Waals surface area contributed by atoms with Gasteiger partial charge in [0.25, 0.3) is 5.91 Å². The van der Waals surface area contributed by atoms with Gasteiger partial charge in [-0.2, -0.15) is 0 Å². The molecule has 2 aromatic heterocycles. The number of benzene rings is 2. The minimum absolute atomic E-state index is 0.0765. The molecule has 0 radical (unpaired) electrons. The number of aromatic nitrogens is 2. The predicted molar refractivity (Wildman–Crippen MR) is 101 cm³/mol. The molecule has 0 fully saturated rings. The molecule has 0 unspecified atom stereocenters. The van der Waals surface area contributed by atoms with Crippen molar-refractivity contribution < 1.29 is 9.21 Å². The molecule has 4 rings (SSSR count). The van der Waals surface area contributed by atoms with Gasteiger partial charge < -0.3 is 9.32 Å². The molecule has 26 heavy (non-hydrogen) atoms. The summed E-state index contributed by atoms with van der Waals surface area (Å²) < 4.78 is 5.81. The van der Waals surface area contributed by atoms with Gasteiger partial charge in [0.05, 0.1) is 29.0 Å². The highest BCUT2D eigenvalue weighted by atomic mass is 16.3. The van der Waals surface area contributed by atoms with Crippen LogP contribution in [0.25, 0.3) is 22.0 Å². The van der Waals surface area contributed by atoms with Crippen LogP contribution in [0.4, 0.5) is 0 Å². The Morgan fingerprint density at radius 1 is 1.00 bits per heavy atom. The Kier molecular flexibility index (Phi) is 3.92. The molecule has 2 heterocycles. The van der Waals surface area contributed by atoms with Gasteiger partial charge in [-0.25, -0.2) is 9.97 Å². The zero-order valence-corrected chi connectivity index (χ0v) is 15.0. The SMILES string of the molecule is Cc1nc2ccc(C(=O)N(C)Cc3cc4ccccc4o3)cc2nc1C. The maximum atomic E-state index is 12.8. The summed E-state index contributed by atoms with van der Waals surface area (Å²) in [7, 11) is 1.77. The first kappa shape index (κ1) is 16.3. The number of aryl methyl sites for hydroxylation is 2. The number of furan rings is 1. The smallest absolute Gasteiger partial charge is 0.254 e. The molecule has 5 nitrogen and oxygen atoms in total. The van der Waals surface area contributed by atoms with Gasteiger partial charge in [0.15, 0.2) is 0 Å². The zero-order valence-electron chi connectivity index (χ0n) is 15.0. The van der Waals surface area contributed by atoms with Gasteiger partial charge in [-0.05, 0) is 44.2 Å². The summed E-state index contributed by atoms with van der Waals surface area (Å²) in [5.74, 6) is 0.682. The lowest BCUT2D eigenvalue weighted by molar-refractivity contribution is 0.0776. The minimum Gasteiger partial charge on any atom is -0.459 e. The second-order valence-corrected chi connectivity index (χ2v) is 6.51. The van der Waals surface area contributed by atoms with Crippen molar-refractivity contribution in [3.8, 4) is 0 Å². The second-order valence-electron chi connectivity index (χ2n) is 6.51. The van der Waals surface area contributed by atoms with E-state index in [1.54, 1.807) is 24.1 Å². The van der Waals surface area contributed by atoms with E-state index in [4.69, 9.17) is 4.42 Å². The molecular formula is C21H19N3O2. The van der Waals surface area contributed by atoms with Crippen molar-refractivity contribution in [1.29, 1.82) is 0 Å². The third-order valence-corrected chi connectivity index (χ3v) is 4.54. The highest BCUT2D eigenvalue weighted by Crippen LogP contribution is 2.21. The first-order valence-corrected chi connectivity index (χ1v) is 8.49. The van der Waals surface area contributed by atoms with Crippen LogP contribution in [0.3, 0.4) is 0 Å². The van der Waals surface area contributed by atoms with Gasteiger partial charge in [0.1, 0.15) is 11.3 Å². The monoisotopic (exact) mass is 345 g/mol. The average Bonchev–Trinajstić information content (AvgIpc) is 3.04. The maximum Gasteiger partial charge on any atom is 0.254 e. The molecular weight excluding hydrogens is 326 g/mol. The van der Waals surface area contributed by atoms with Gasteiger partial charge >= 0.3 is 0 Å². The van der Waals surface area contributed by atoms with E-state index in [0.717, 1.165) is 39.2 Å². The first-order chi connectivity index (χ1) is 12.5. The van der Waals surface area contributed by atoms with Crippen LogP contribution in [0, 0.1) is 13.8 Å². The Balaban J connectivity index is 1.59. The molecule has 0 aliphatic rings. The van der Waals surface area contributed by atoms with Crippen LogP contribution >= 0.6 is 0 Å². The van der Waals surface area contributed by atoms with Gasteiger partial charge in [-0.1, -0.05) is 18.2 Å². The number of amides is 1. The standard InChI is InChI=1S/C21H19N3O2/c1-13-14(2)23-19-11-16(8-9-18(19)22-13)21(25)24(3)12-17-10-15-6-4-5-7-20(15)26-17/h4-11H,12H2,1-3H3. The number of nitrogens with zero attached hydrogens (tertiary/aromatic N) is 3. The number of hydrogen-bond acceptors (Lipinski definition) is 4. The van der Waals surface area contributed by atoms with Gasteiger partial charge in [0, 0.05) is 18.0 Å². The van der Waals surface area contributed by atoms with E-state index >= 15 is 0 Å². The van der Waals surface area contributed by atoms with E-state index in [1.165, 1.54) is 0 Å². The fourth-order valence-corrected chi connectivity index (χ4v) is 3.00. The lowest BCUT2D eigenvalue weighted by Crippen LogP contribution is -2.26. The fourth-order valence-electron chi connectivity index (χ4n) is 3.00. The molecule has 0 bridgehead atoms. The lowest BCUT2D eigenvalue weighted by Gasteiger charge is -2.16. The van der Waals surface area contributed by atoms with Crippen molar-refractivity contribution >= 4 is 27.9 Å². The third kappa shape index (κ3) is 2.92. The van der Waals surface area contributed by atoms with Crippen LogP contribution in [0.1, 0.15) is 27.5 Å². The maximum absolute atomic E-state index is 12.8. The van der Waals surface area contributed by atoms with E-state index in [1.807, 2.05) is 50.2 Å². The van der Waals surface area contributed by atoms with Crippen LogP contribution in [0.15, 0.2) is 52.9 Å². The minimum atomic E-state index is -0.0765. The third-order valence-electron chi connectivity index (χ3n) is 4.54. The number of fused-ring (bicyclic) bond motifs is 2. The lowest BCUT2D eigenvalue weighted by atomic mass is 10.1. The Morgan fingerprint density at radius 2 is 1.73 bits per heavy atom. The molecule has 130 valence electrons. The second kappa shape index (κ2) is 6.26. The quantitative estimate of drug-likeness (QED) is 0.556. The molecule has 0 aliphatic carbocycles. The largest absolute Gasteiger partial charge is 0.459 e. The molecule has 0 saturated heterocycles. The van der Waals surface area contributed by atoms with E-state index in [0.29, 0.717) is 12.1 Å². The summed E-state index contributed by atoms with van der Waals surface area (Å²) in [5.41, 5.74) is 4.72. The molecule has 0 atom stereocenters. The van der Waals surface area contributed by atoms with E-state index < -0.39 is 0 Å². The van der Waals surface area contributed by atoms with E-state index in [-0.39, 0.29) is 5.91 Å². The number of carbonyl (C=O) groups is 1. The van der Waals surface area contributed by atoms with Crippen LogP contribution in [-0.4, -0.2) is 27.8 Å².